The molecule has 1 saturated heterocycles. The van der Waals surface area contributed by atoms with Gasteiger partial charge in [-0.3, -0.25) is 4.79 Å². The third kappa shape index (κ3) is 3.96. The second-order valence-corrected chi connectivity index (χ2v) is 7.36. The van der Waals surface area contributed by atoms with Gasteiger partial charge >= 0.3 is 0 Å². The number of hydrogen-bond acceptors (Lipinski definition) is 4. The van der Waals surface area contributed by atoms with E-state index in [2.05, 4.69) is 27.0 Å². The molecular weight excluding hydrogens is 372 g/mol. The Kier molecular flexibility index (Phi) is 5.46. The number of piperazine rings is 1. The maximum absolute atomic E-state index is 12.9. The lowest BCUT2D eigenvalue weighted by Gasteiger charge is -2.36. The standard InChI is InChI=1S/C22H23ClN4O/c1-2-26-11-13-27(14-12-26)21-10-8-17(23)15-20(21)25-22(28)19-9-7-16-5-3-4-6-18(16)24-19/h3-10,15H,2,11-14H2,1H3,(H,25,28). The number of nitrogens with one attached hydrogen (secondary N) is 1. The van der Waals surface area contributed by atoms with Crippen LogP contribution in [0.5, 0.6) is 0 Å². The number of para-hydroxylation sites is 1. The molecule has 6 heteroatoms. The predicted octanol–water partition coefficient (Wildman–Crippen LogP) is 4.28. The van der Waals surface area contributed by atoms with Crippen LogP contribution in [0.25, 0.3) is 10.9 Å². The first-order valence-corrected chi connectivity index (χ1v) is 9.96. The fraction of sp³-hybridized carbons (Fsp3) is 0.273. The number of aromatic nitrogens is 1. The Labute approximate surface area is 169 Å². The number of rotatable bonds is 4. The number of amides is 1. The Morgan fingerprint density at radius 2 is 1.86 bits per heavy atom. The maximum atomic E-state index is 12.9. The first-order chi connectivity index (χ1) is 13.6. The number of likely N-dealkylation sites (N-methyl/N-ethyl adjacent to an activating group) is 1. The number of nitrogens with zero attached hydrogens (tertiary/aromatic N) is 3. The molecule has 0 aliphatic carbocycles. The van der Waals surface area contributed by atoms with Gasteiger partial charge in [-0.25, -0.2) is 4.98 Å². The van der Waals surface area contributed by atoms with Crippen molar-refractivity contribution in [1.82, 2.24) is 9.88 Å². The molecule has 1 aromatic heterocycles. The van der Waals surface area contributed by atoms with Crippen molar-refractivity contribution in [2.75, 3.05) is 42.9 Å². The molecule has 0 spiro atoms. The van der Waals surface area contributed by atoms with Gasteiger partial charge in [0.1, 0.15) is 5.69 Å². The monoisotopic (exact) mass is 394 g/mol. The van der Waals surface area contributed by atoms with E-state index in [1.54, 1.807) is 6.07 Å². The predicted molar refractivity (Wildman–Crippen MR) is 115 cm³/mol. The lowest BCUT2D eigenvalue weighted by Crippen LogP contribution is -2.46. The van der Waals surface area contributed by atoms with Gasteiger partial charge in [0.15, 0.2) is 0 Å². The first kappa shape index (κ1) is 18.7. The molecule has 0 radical (unpaired) electrons. The number of carbonyl (C=O) groups is 1. The number of carbonyl (C=O) groups excluding carboxylic acids is 1. The Morgan fingerprint density at radius 1 is 1.07 bits per heavy atom. The summed E-state index contributed by atoms with van der Waals surface area (Å²) in [6, 6.07) is 17.1. The summed E-state index contributed by atoms with van der Waals surface area (Å²) in [4.78, 5) is 22.1. The zero-order chi connectivity index (χ0) is 19.5. The molecule has 1 fully saturated rings. The highest BCUT2D eigenvalue weighted by Gasteiger charge is 2.20. The Balaban J connectivity index is 1.58. The van der Waals surface area contributed by atoms with Gasteiger partial charge in [-0.15, -0.1) is 0 Å². The van der Waals surface area contributed by atoms with Crippen molar-refractivity contribution in [3.8, 4) is 0 Å². The van der Waals surface area contributed by atoms with Crippen LogP contribution in [0.2, 0.25) is 5.02 Å². The molecule has 5 nitrogen and oxygen atoms in total. The van der Waals surface area contributed by atoms with Crippen molar-refractivity contribution in [2.24, 2.45) is 0 Å². The zero-order valence-corrected chi connectivity index (χ0v) is 16.6. The third-order valence-corrected chi connectivity index (χ3v) is 5.43. The fourth-order valence-electron chi connectivity index (χ4n) is 3.57. The van der Waals surface area contributed by atoms with Crippen LogP contribution in [0.3, 0.4) is 0 Å². The van der Waals surface area contributed by atoms with Crippen LogP contribution >= 0.6 is 11.6 Å². The summed E-state index contributed by atoms with van der Waals surface area (Å²) >= 11 is 6.22. The summed E-state index contributed by atoms with van der Waals surface area (Å²) in [6.07, 6.45) is 0. The van der Waals surface area contributed by atoms with Gasteiger partial charge in [-0.2, -0.15) is 0 Å². The number of benzene rings is 2. The van der Waals surface area contributed by atoms with Crippen molar-refractivity contribution >= 4 is 39.8 Å². The maximum Gasteiger partial charge on any atom is 0.274 e. The molecule has 1 aliphatic heterocycles. The van der Waals surface area contributed by atoms with Gasteiger partial charge in [-0.1, -0.05) is 42.8 Å². The molecule has 1 amide bonds. The lowest BCUT2D eigenvalue weighted by atomic mass is 10.2. The molecule has 2 heterocycles. The highest BCUT2D eigenvalue weighted by atomic mass is 35.5. The van der Waals surface area contributed by atoms with Crippen molar-refractivity contribution in [2.45, 2.75) is 6.92 Å². The van der Waals surface area contributed by atoms with Crippen molar-refractivity contribution < 1.29 is 4.79 Å². The van der Waals surface area contributed by atoms with Crippen molar-refractivity contribution in [1.29, 1.82) is 0 Å². The van der Waals surface area contributed by atoms with Crippen LogP contribution in [0.1, 0.15) is 17.4 Å². The minimum absolute atomic E-state index is 0.235. The van der Waals surface area contributed by atoms with E-state index in [1.807, 2.05) is 48.5 Å². The van der Waals surface area contributed by atoms with E-state index in [0.29, 0.717) is 10.7 Å². The third-order valence-electron chi connectivity index (χ3n) is 5.20. The minimum atomic E-state index is -0.235. The molecule has 144 valence electrons. The lowest BCUT2D eigenvalue weighted by molar-refractivity contribution is 0.102. The van der Waals surface area contributed by atoms with E-state index in [-0.39, 0.29) is 5.91 Å². The highest BCUT2D eigenvalue weighted by molar-refractivity contribution is 6.31. The van der Waals surface area contributed by atoms with Gasteiger partial charge < -0.3 is 15.1 Å². The Bertz CT molecular complexity index is 999. The van der Waals surface area contributed by atoms with Crippen LogP contribution < -0.4 is 10.2 Å². The average Bonchev–Trinajstić information content (AvgIpc) is 2.73. The van der Waals surface area contributed by atoms with Crippen molar-refractivity contribution in [3.05, 3.63) is 65.3 Å². The molecule has 0 saturated carbocycles. The smallest absolute Gasteiger partial charge is 0.274 e. The van der Waals surface area contributed by atoms with E-state index >= 15 is 0 Å². The second kappa shape index (κ2) is 8.17. The molecule has 1 N–H and O–H groups in total. The van der Waals surface area contributed by atoms with Gasteiger partial charge in [0.2, 0.25) is 0 Å². The first-order valence-electron chi connectivity index (χ1n) is 9.58. The summed E-state index contributed by atoms with van der Waals surface area (Å²) in [7, 11) is 0. The molecule has 1 aliphatic rings. The Hall–Kier alpha value is -2.63. The van der Waals surface area contributed by atoms with Gasteiger partial charge in [0, 0.05) is 36.6 Å². The number of halogens is 1. The molecular formula is C22H23ClN4O. The van der Waals surface area contributed by atoms with E-state index < -0.39 is 0 Å². The molecule has 0 unspecified atom stereocenters. The summed E-state index contributed by atoms with van der Waals surface area (Å²) in [6.45, 7) is 7.11. The molecule has 0 bridgehead atoms. The van der Waals surface area contributed by atoms with E-state index in [4.69, 9.17) is 11.6 Å². The van der Waals surface area contributed by atoms with Gasteiger partial charge in [0.05, 0.1) is 16.9 Å². The molecule has 3 aromatic rings. The van der Waals surface area contributed by atoms with Crippen LogP contribution in [0.4, 0.5) is 11.4 Å². The van der Waals surface area contributed by atoms with Crippen LogP contribution in [-0.4, -0.2) is 48.5 Å². The molecule has 4 rings (SSSR count). The molecule has 2 aromatic carbocycles. The van der Waals surface area contributed by atoms with E-state index in [1.165, 1.54) is 0 Å². The fourth-order valence-corrected chi connectivity index (χ4v) is 3.74. The normalized spacial score (nSPS) is 15.0. The molecule has 28 heavy (non-hydrogen) atoms. The van der Waals surface area contributed by atoms with Crippen LogP contribution in [0, 0.1) is 0 Å². The number of fused-ring (bicyclic) bond motifs is 1. The summed E-state index contributed by atoms with van der Waals surface area (Å²) < 4.78 is 0. The van der Waals surface area contributed by atoms with E-state index in [9.17, 15) is 4.79 Å². The quantitative estimate of drug-likeness (QED) is 0.717. The summed E-state index contributed by atoms with van der Waals surface area (Å²) in [5.41, 5.74) is 2.91. The van der Waals surface area contributed by atoms with Gasteiger partial charge in [-0.05, 0) is 36.9 Å². The largest absolute Gasteiger partial charge is 0.367 e. The zero-order valence-electron chi connectivity index (χ0n) is 15.9. The number of hydrogen-bond donors (Lipinski definition) is 1. The van der Waals surface area contributed by atoms with E-state index in [0.717, 1.165) is 55.0 Å². The number of anilines is 2. The summed E-state index contributed by atoms with van der Waals surface area (Å²) in [5, 5.41) is 4.62. The Morgan fingerprint density at radius 3 is 2.64 bits per heavy atom. The average molecular weight is 395 g/mol. The second-order valence-electron chi connectivity index (χ2n) is 6.93. The summed E-state index contributed by atoms with van der Waals surface area (Å²) in [5.74, 6) is -0.235. The van der Waals surface area contributed by atoms with Crippen LogP contribution in [-0.2, 0) is 0 Å². The highest BCUT2D eigenvalue weighted by Crippen LogP contribution is 2.30. The van der Waals surface area contributed by atoms with Crippen molar-refractivity contribution in [3.63, 3.8) is 0 Å². The van der Waals surface area contributed by atoms with Crippen LogP contribution in [0.15, 0.2) is 54.6 Å². The SMILES string of the molecule is CCN1CCN(c2ccc(Cl)cc2NC(=O)c2ccc3ccccc3n2)CC1. The molecule has 0 atom stereocenters. The minimum Gasteiger partial charge on any atom is -0.367 e. The van der Waals surface area contributed by atoms with Gasteiger partial charge in [0.25, 0.3) is 5.91 Å². The number of pyridine rings is 1. The topological polar surface area (TPSA) is 48.5 Å².